The molecule has 72 valence electrons. The maximum absolute atomic E-state index is 10.8. The number of hydrogen-bond acceptors (Lipinski definition) is 4. The van der Waals surface area contributed by atoms with Gasteiger partial charge in [0, 0.05) is 17.4 Å². The minimum atomic E-state index is -0.273. The quantitative estimate of drug-likeness (QED) is 0.731. The number of thiophene rings is 2. The van der Waals surface area contributed by atoms with E-state index >= 15 is 0 Å². The first kappa shape index (κ1) is 9.43. The van der Waals surface area contributed by atoms with Gasteiger partial charge >= 0.3 is 5.97 Å². The lowest BCUT2D eigenvalue weighted by molar-refractivity contribution is -0.131. The highest BCUT2D eigenvalue weighted by molar-refractivity contribution is 7.15. The topological polar surface area (TPSA) is 26.3 Å². The molecule has 0 aliphatic rings. The minimum absolute atomic E-state index is 0.273. The minimum Gasteiger partial charge on any atom is -0.415 e. The van der Waals surface area contributed by atoms with Gasteiger partial charge in [-0.1, -0.05) is 6.07 Å². The van der Waals surface area contributed by atoms with Crippen molar-refractivity contribution in [2.75, 3.05) is 0 Å². The third-order valence-electron chi connectivity index (χ3n) is 1.65. The molecule has 2 nitrogen and oxygen atoms in total. The van der Waals surface area contributed by atoms with Crippen LogP contribution in [0.25, 0.3) is 10.4 Å². The predicted octanol–water partition coefficient (Wildman–Crippen LogP) is 3.40. The van der Waals surface area contributed by atoms with E-state index in [1.807, 2.05) is 29.0 Å². The molecule has 0 aliphatic heterocycles. The van der Waals surface area contributed by atoms with Crippen LogP contribution < -0.4 is 4.74 Å². The molecular formula is C10H8O2S2. The Morgan fingerprint density at radius 1 is 1.29 bits per heavy atom. The Morgan fingerprint density at radius 2 is 2.14 bits per heavy atom. The van der Waals surface area contributed by atoms with Crippen molar-refractivity contribution >= 4 is 28.6 Å². The largest absolute Gasteiger partial charge is 0.415 e. The normalized spacial score (nSPS) is 10.1. The molecule has 2 rings (SSSR count). The molecule has 0 atom stereocenters. The van der Waals surface area contributed by atoms with Gasteiger partial charge in [0.15, 0.2) is 5.06 Å². The number of esters is 1. The summed E-state index contributed by atoms with van der Waals surface area (Å²) in [4.78, 5) is 11.9. The predicted molar refractivity (Wildman–Crippen MR) is 58.9 cm³/mol. The summed E-state index contributed by atoms with van der Waals surface area (Å²) < 4.78 is 5.10. The monoisotopic (exact) mass is 224 g/mol. The van der Waals surface area contributed by atoms with E-state index in [-0.39, 0.29) is 5.97 Å². The number of ether oxygens (including phenoxy) is 1. The highest BCUT2D eigenvalue weighted by atomic mass is 32.1. The second-order valence-corrected chi connectivity index (χ2v) is 4.52. The Balaban J connectivity index is 2.35. The molecule has 0 unspecified atom stereocenters. The Morgan fingerprint density at radius 3 is 2.79 bits per heavy atom. The fraction of sp³-hybridized carbons (Fsp3) is 0.100. The highest BCUT2D eigenvalue weighted by Gasteiger charge is 2.10. The summed E-state index contributed by atoms with van der Waals surface area (Å²) in [7, 11) is 0. The van der Waals surface area contributed by atoms with Gasteiger partial charge in [-0.05, 0) is 22.9 Å². The van der Waals surface area contributed by atoms with Crippen molar-refractivity contribution in [1.82, 2.24) is 0 Å². The second-order valence-electron chi connectivity index (χ2n) is 2.69. The second kappa shape index (κ2) is 3.94. The summed E-state index contributed by atoms with van der Waals surface area (Å²) in [5.41, 5.74) is 1.00. The third kappa shape index (κ3) is 1.86. The Kier molecular flexibility index (Phi) is 2.65. The zero-order valence-corrected chi connectivity index (χ0v) is 9.15. The van der Waals surface area contributed by atoms with Gasteiger partial charge in [0.1, 0.15) is 0 Å². The van der Waals surface area contributed by atoms with Crippen LogP contribution in [0.1, 0.15) is 6.92 Å². The van der Waals surface area contributed by atoms with Crippen LogP contribution in [0, 0.1) is 0 Å². The summed E-state index contributed by atoms with van der Waals surface area (Å²) in [6, 6.07) is 5.96. The average Bonchev–Trinajstić information content (AvgIpc) is 2.70. The molecule has 2 aromatic rings. The van der Waals surface area contributed by atoms with E-state index in [0.29, 0.717) is 5.06 Å². The summed E-state index contributed by atoms with van der Waals surface area (Å²) in [6.45, 7) is 1.41. The summed E-state index contributed by atoms with van der Waals surface area (Å²) in [5.74, 6) is -0.273. The van der Waals surface area contributed by atoms with E-state index in [1.54, 1.807) is 11.3 Å². The van der Waals surface area contributed by atoms with Gasteiger partial charge in [-0.15, -0.1) is 22.7 Å². The molecule has 2 heterocycles. The zero-order chi connectivity index (χ0) is 9.97. The average molecular weight is 224 g/mol. The van der Waals surface area contributed by atoms with Crippen LogP contribution in [-0.4, -0.2) is 5.97 Å². The van der Waals surface area contributed by atoms with Gasteiger partial charge in [-0.25, -0.2) is 0 Å². The molecule has 0 amide bonds. The fourth-order valence-corrected chi connectivity index (χ4v) is 2.73. The zero-order valence-electron chi connectivity index (χ0n) is 7.52. The molecule has 4 heteroatoms. The van der Waals surface area contributed by atoms with Crippen LogP contribution in [0.15, 0.2) is 29.0 Å². The first-order valence-corrected chi connectivity index (χ1v) is 5.83. The van der Waals surface area contributed by atoms with Gasteiger partial charge in [-0.3, -0.25) is 4.79 Å². The van der Waals surface area contributed by atoms with Crippen molar-refractivity contribution < 1.29 is 9.53 Å². The maximum atomic E-state index is 10.8. The fourth-order valence-electron chi connectivity index (χ4n) is 1.12. The van der Waals surface area contributed by atoms with Crippen molar-refractivity contribution in [2.45, 2.75) is 6.92 Å². The maximum Gasteiger partial charge on any atom is 0.308 e. The van der Waals surface area contributed by atoms with Gasteiger partial charge in [0.05, 0.1) is 0 Å². The van der Waals surface area contributed by atoms with Crippen LogP contribution in [0.2, 0.25) is 0 Å². The molecule has 14 heavy (non-hydrogen) atoms. The molecular weight excluding hydrogens is 216 g/mol. The van der Waals surface area contributed by atoms with Gasteiger partial charge < -0.3 is 4.74 Å². The molecule has 0 N–H and O–H groups in total. The Labute approximate surface area is 89.8 Å². The van der Waals surface area contributed by atoms with Crippen molar-refractivity contribution in [2.24, 2.45) is 0 Å². The van der Waals surface area contributed by atoms with Crippen LogP contribution in [-0.2, 0) is 4.79 Å². The van der Waals surface area contributed by atoms with Crippen molar-refractivity contribution in [3.63, 3.8) is 0 Å². The van der Waals surface area contributed by atoms with Crippen LogP contribution in [0.3, 0.4) is 0 Å². The van der Waals surface area contributed by atoms with E-state index < -0.39 is 0 Å². The van der Waals surface area contributed by atoms with Crippen LogP contribution >= 0.6 is 22.7 Å². The van der Waals surface area contributed by atoms with Gasteiger partial charge in [-0.2, -0.15) is 0 Å². The lowest BCUT2D eigenvalue weighted by Gasteiger charge is -1.99. The Hall–Kier alpha value is -1.13. The smallest absolute Gasteiger partial charge is 0.308 e. The number of carbonyl (C=O) groups excluding carboxylic acids is 1. The van der Waals surface area contributed by atoms with Gasteiger partial charge in [0.2, 0.25) is 0 Å². The van der Waals surface area contributed by atoms with Crippen molar-refractivity contribution in [1.29, 1.82) is 0 Å². The lowest BCUT2D eigenvalue weighted by atomic mass is 10.3. The van der Waals surface area contributed by atoms with E-state index in [4.69, 9.17) is 4.74 Å². The van der Waals surface area contributed by atoms with E-state index in [2.05, 4.69) is 0 Å². The van der Waals surface area contributed by atoms with Crippen molar-refractivity contribution in [3.05, 3.63) is 29.0 Å². The molecule has 0 spiro atoms. The Bertz CT molecular complexity index is 429. The number of rotatable bonds is 2. The number of hydrogen-bond donors (Lipinski definition) is 0. The third-order valence-corrected chi connectivity index (χ3v) is 3.35. The van der Waals surface area contributed by atoms with E-state index in [1.165, 1.54) is 18.3 Å². The van der Waals surface area contributed by atoms with Crippen LogP contribution in [0.5, 0.6) is 5.06 Å². The molecule has 2 aromatic heterocycles. The molecule has 0 saturated carbocycles. The molecule has 0 aromatic carbocycles. The molecule has 0 fully saturated rings. The first-order valence-electron chi connectivity index (χ1n) is 4.07. The summed E-state index contributed by atoms with van der Waals surface area (Å²) in [5, 5.41) is 4.61. The molecule has 0 aliphatic carbocycles. The van der Waals surface area contributed by atoms with E-state index in [0.717, 1.165) is 10.4 Å². The lowest BCUT2D eigenvalue weighted by Crippen LogP contribution is -2.00. The molecule has 0 saturated heterocycles. The van der Waals surface area contributed by atoms with Gasteiger partial charge in [0.25, 0.3) is 0 Å². The van der Waals surface area contributed by atoms with Crippen LogP contribution in [0.4, 0.5) is 0 Å². The number of carbonyl (C=O) groups is 1. The first-order chi connectivity index (χ1) is 6.77. The summed E-state index contributed by atoms with van der Waals surface area (Å²) >= 11 is 3.08. The summed E-state index contributed by atoms with van der Waals surface area (Å²) in [6.07, 6.45) is 0. The molecule has 0 radical (unpaired) electrons. The molecule has 0 bridgehead atoms. The highest BCUT2D eigenvalue weighted by Crippen LogP contribution is 2.37. The standard InChI is InChI=1S/C10H8O2S2/c1-7(11)12-10-8(4-6-14-10)9-3-2-5-13-9/h2-6H,1H3. The van der Waals surface area contributed by atoms with Crippen molar-refractivity contribution in [3.8, 4) is 15.5 Å². The SMILES string of the molecule is CC(=O)Oc1sccc1-c1cccs1. The van der Waals surface area contributed by atoms with E-state index in [9.17, 15) is 4.79 Å².